The predicted octanol–water partition coefficient (Wildman–Crippen LogP) is 6.29. The van der Waals surface area contributed by atoms with E-state index < -0.39 is 0 Å². The number of aromatic nitrogens is 3. The first-order valence-corrected chi connectivity index (χ1v) is 9.88. The van der Waals surface area contributed by atoms with Crippen LogP contribution in [0.2, 0.25) is 5.02 Å². The predicted molar refractivity (Wildman–Crippen MR) is 118 cm³/mol. The molecule has 0 unspecified atom stereocenters. The maximum atomic E-state index is 6.10. The molecule has 5 rings (SSSR count). The summed E-state index contributed by atoms with van der Waals surface area (Å²) in [4.78, 5) is 4.66. The first kappa shape index (κ1) is 17.7. The van der Waals surface area contributed by atoms with Crippen molar-refractivity contribution in [2.24, 2.45) is 0 Å². The number of halogens is 1. The molecule has 0 bridgehead atoms. The molecule has 2 heterocycles. The van der Waals surface area contributed by atoms with E-state index in [9.17, 15) is 0 Å². The third-order valence-electron chi connectivity index (χ3n) is 4.92. The van der Waals surface area contributed by atoms with Crippen LogP contribution in [0, 0.1) is 0 Å². The zero-order chi connectivity index (χ0) is 19.8. The van der Waals surface area contributed by atoms with E-state index in [0.717, 1.165) is 44.5 Å². The van der Waals surface area contributed by atoms with Crippen LogP contribution in [0.15, 0.2) is 79.0 Å². The van der Waals surface area contributed by atoms with Gasteiger partial charge in [-0.25, -0.2) is 4.68 Å². The minimum absolute atomic E-state index is 0.642. The van der Waals surface area contributed by atoms with Crippen molar-refractivity contribution in [1.82, 2.24) is 14.8 Å². The molecule has 0 N–H and O–H groups in total. The standard InChI is InChI=1S/C24H18ClN3O/c1-2-29-19-13-7-16(8-14-19)23-21-15-26-22-6-4-3-5-20(22)24(21)28(27-23)18-11-9-17(25)10-12-18/h3-15H,2H2,1H3. The Morgan fingerprint density at radius 3 is 2.41 bits per heavy atom. The van der Waals surface area contributed by atoms with Gasteiger partial charge in [0.25, 0.3) is 0 Å². The molecule has 0 aliphatic rings. The summed E-state index contributed by atoms with van der Waals surface area (Å²) >= 11 is 6.10. The molecule has 0 atom stereocenters. The Balaban J connectivity index is 1.79. The number of ether oxygens (including phenoxy) is 1. The Labute approximate surface area is 173 Å². The average molecular weight is 400 g/mol. The van der Waals surface area contributed by atoms with Crippen molar-refractivity contribution in [1.29, 1.82) is 0 Å². The number of hydrogen-bond acceptors (Lipinski definition) is 3. The monoisotopic (exact) mass is 399 g/mol. The van der Waals surface area contributed by atoms with Gasteiger partial charge in [0.05, 0.1) is 23.3 Å². The molecule has 4 nitrogen and oxygen atoms in total. The van der Waals surface area contributed by atoms with Gasteiger partial charge in [0.2, 0.25) is 0 Å². The van der Waals surface area contributed by atoms with E-state index in [1.165, 1.54) is 0 Å². The van der Waals surface area contributed by atoms with Crippen molar-refractivity contribution in [3.63, 3.8) is 0 Å². The third-order valence-corrected chi connectivity index (χ3v) is 5.18. The molecule has 0 fully saturated rings. The molecule has 2 aromatic heterocycles. The van der Waals surface area contributed by atoms with Gasteiger partial charge >= 0.3 is 0 Å². The van der Waals surface area contributed by atoms with Gasteiger partial charge in [-0.2, -0.15) is 5.10 Å². The van der Waals surface area contributed by atoms with Crippen molar-refractivity contribution in [3.8, 4) is 22.7 Å². The Morgan fingerprint density at radius 2 is 1.66 bits per heavy atom. The van der Waals surface area contributed by atoms with Crippen LogP contribution in [0.3, 0.4) is 0 Å². The molecule has 29 heavy (non-hydrogen) atoms. The molecule has 0 saturated carbocycles. The molecule has 5 aromatic rings. The second-order valence-electron chi connectivity index (χ2n) is 6.73. The second kappa shape index (κ2) is 7.22. The quantitative estimate of drug-likeness (QED) is 0.356. The molecule has 0 saturated heterocycles. The first-order chi connectivity index (χ1) is 14.2. The van der Waals surface area contributed by atoms with E-state index in [0.29, 0.717) is 11.6 Å². The topological polar surface area (TPSA) is 39.9 Å². The van der Waals surface area contributed by atoms with Gasteiger partial charge in [0.15, 0.2) is 0 Å². The summed E-state index contributed by atoms with van der Waals surface area (Å²) in [5.41, 5.74) is 4.82. The molecule has 3 aromatic carbocycles. The lowest BCUT2D eigenvalue weighted by Gasteiger charge is -2.06. The summed E-state index contributed by atoms with van der Waals surface area (Å²) in [6.07, 6.45) is 1.91. The fraction of sp³-hybridized carbons (Fsp3) is 0.0833. The number of nitrogens with zero attached hydrogens (tertiary/aromatic N) is 3. The summed E-state index contributed by atoms with van der Waals surface area (Å²) in [6, 6.07) is 23.9. The fourth-order valence-electron chi connectivity index (χ4n) is 3.59. The van der Waals surface area contributed by atoms with Crippen LogP contribution in [0.5, 0.6) is 5.75 Å². The Bertz CT molecular complexity index is 1310. The van der Waals surface area contributed by atoms with Crippen molar-refractivity contribution < 1.29 is 4.74 Å². The Morgan fingerprint density at radius 1 is 0.897 bits per heavy atom. The van der Waals surface area contributed by atoms with Crippen LogP contribution >= 0.6 is 11.6 Å². The summed E-state index contributed by atoms with van der Waals surface area (Å²) < 4.78 is 7.55. The van der Waals surface area contributed by atoms with Crippen LogP contribution < -0.4 is 4.74 Å². The van der Waals surface area contributed by atoms with E-state index in [1.54, 1.807) is 0 Å². The Kier molecular flexibility index (Phi) is 4.41. The van der Waals surface area contributed by atoms with Gasteiger partial charge in [-0.3, -0.25) is 4.98 Å². The maximum absolute atomic E-state index is 6.10. The lowest BCUT2D eigenvalue weighted by Crippen LogP contribution is -1.97. The van der Waals surface area contributed by atoms with Gasteiger partial charge in [0, 0.05) is 27.6 Å². The summed E-state index contributed by atoms with van der Waals surface area (Å²) in [5, 5.41) is 7.74. The highest BCUT2D eigenvalue weighted by Gasteiger charge is 2.17. The molecule has 0 spiro atoms. The molecule has 5 heteroatoms. The van der Waals surface area contributed by atoms with Gasteiger partial charge < -0.3 is 4.74 Å². The van der Waals surface area contributed by atoms with Gasteiger partial charge in [0.1, 0.15) is 11.4 Å². The highest BCUT2D eigenvalue weighted by molar-refractivity contribution is 6.30. The fourth-order valence-corrected chi connectivity index (χ4v) is 3.72. The smallest absolute Gasteiger partial charge is 0.119 e. The molecule has 0 aliphatic heterocycles. The number of benzene rings is 3. The highest BCUT2D eigenvalue weighted by Crippen LogP contribution is 2.34. The van der Waals surface area contributed by atoms with Crippen LogP contribution in [0.25, 0.3) is 38.8 Å². The summed E-state index contributed by atoms with van der Waals surface area (Å²) in [6.45, 7) is 2.62. The van der Waals surface area contributed by atoms with Gasteiger partial charge in [-0.15, -0.1) is 0 Å². The van der Waals surface area contributed by atoms with Crippen molar-refractivity contribution in [3.05, 3.63) is 84.0 Å². The lowest BCUT2D eigenvalue weighted by molar-refractivity contribution is 0.340. The largest absolute Gasteiger partial charge is 0.494 e. The number of rotatable bonds is 4. The van der Waals surface area contributed by atoms with Crippen molar-refractivity contribution in [2.45, 2.75) is 6.92 Å². The number of para-hydroxylation sites is 1. The average Bonchev–Trinajstić information content (AvgIpc) is 3.15. The zero-order valence-corrected chi connectivity index (χ0v) is 16.6. The van der Waals surface area contributed by atoms with Crippen LogP contribution in [-0.2, 0) is 0 Å². The second-order valence-corrected chi connectivity index (χ2v) is 7.17. The van der Waals surface area contributed by atoms with Gasteiger partial charge in [-0.1, -0.05) is 29.8 Å². The minimum Gasteiger partial charge on any atom is -0.494 e. The van der Waals surface area contributed by atoms with E-state index >= 15 is 0 Å². The maximum Gasteiger partial charge on any atom is 0.119 e. The lowest BCUT2D eigenvalue weighted by atomic mass is 10.1. The van der Waals surface area contributed by atoms with Gasteiger partial charge in [-0.05, 0) is 61.5 Å². The third kappa shape index (κ3) is 3.12. The number of hydrogen-bond donors (Lipinski definition) is 0. The van der Waals surface area contributed by atoms with Crippen LogP contribution in [-0.4, -0.2) is 21.4 Å². The molecule has 0 radical (unpaired) electrons. The molecule has 0 amide bonds. The normalized spacial score (nSPS) is 11.2. The molecule has 142 valence electrons. The molecular weight excluding hydrogens is 382 g/mol. The highest BCUT2D eigenvalue weighted by atomic mass is 35.5. The summed E-state index contributed by atoms with van der Waals surface area (Å²) in [7, 11) is 0. The SMILES string of the molecule is CCOc1ccc(-c2nn(-c3ccc(Cl)cc3)c3c2cnc2ccccc23)cc1. The Hall–Kier alpha value is -3.37. The van der Waals surface area contributed by atoms with Crippen LogP contribution in [0.1, 0.15) is 6.92 Å². The molecular formula is C24H18ClN3O. The number of pyridine rings is 1. The first-order valence-electron chi connectivity index (χ1n) is 9.50. The van der Waals surface area contributed by atoms with E-state index in [2.05, 4.69) is 11.1 Å². The summed E-state index contributed by atoms with van der Waals surface area (Å²) in [5.74, 6) is 0.848. The minimum atomic E-state index is 0.642. The van der Waals surface area contributed by atoms with Crippen molar-refractivity contribution >= 4 is 33.4 Å². The van der Waals surface area contributed by atoms with Crippen molar-refractivity contribution in [2.75, 3.05) is 6.61 Å². The van der Waals surface area contributed by atoms with E-state index in [4.69, 9.17) is 21.4 Å². The number of fused-ring (bicyclic) bond motifs is 3. The van der Waals surface area contributed by atoms with E-state index in [1.807, 2.05) is 84.5 Å². The zero-order valence-electron chi connectivity index (χ0n) is 15.8. The molecule has 0 aliphatic carbocycles. The van der Waals surface area contributed by atoms with E-state index in [-0.39, 0.29) is 0 Å². The van der Waals surface area contributed by atoms with Crippen LogP contribution in [0.4, 0.5) is 0 Å².